The Labute approximate surface area is 120 Å². The first kappa shape index (κ1) is 12.4. The molecule has 2 nitrogen and oxygen atoms in total. The van der Waals surface area contributed by atoms with Gasteiger partial charge in [-0.3, -0.25) is 4.79 Å². The molecule has 2 N–H and O–H groups in total. The number of benzene rings is 1. The summed E-state index contributed by atoms with van der Waals surface area (Å²) in [6.45, 7) is 2.13. The van der Waals surface area contributed by atoms with Crippen LogP contribution in [0.1, 0.15) is 49.7 Å². The van der Waals surface area contributed by atoms with Crippen molar-refractivity contribution in [3.05, 3.63) is 35.4 Å². The Kier molecular flexibility index (Phi) is 2.40. The lowest BCUT2D eigenvalue weighted by Gasteiger charge is -2.61. The van der Waals surface area contributed by atoms with E-state index in [4.69, 9.17) is 5.73 Å². The normalized spacial score (nSPS) is 41.9. The van der Waals surface area contributed by atoms with Crippen molar-refractivity contribution in [2.75, 3.05) is 0 Å². The number of rotatable bonds is 2. The molecule has 2 atom stereocenters. The summed E-state index contributed by atoms with van der Waals surface area (Å²) in [6, 6.07) is 9.00. The van der Waals surface area contributed by atoms with Gasteiger partial charge in [-0.05, 0) is 68.3 Å². The second-order valence-corrected chi connectivity index (χ2v) is 7.75. The summed E-state index contributed by atoms with van der Waals surface area (Å²) in [7, 11) is 0. The van der Waals surface area contributed by atoms with Crippen LogP contribution in [-0.4, -0.2) is 5.91 Å². The molecule has 0 radical (unpaired) electrons. The average Bonchev–Trinajstić information content (AvgIpc) is 2.37. The van der Waals surface area contributed by atoms with Crippen molar-refractivity contribution in [1.82, 2.24) is 0 Å². The molecule has 0 saturated heterocycles. The predicted octanol–water partition coefficient (Wildman–Crippen LogP) is 3.32. The molecule has 1 aromatic carbocycles. The lowest BCUT2D eigenvalue weighted by molar-refractivity contribution is -0.145. The third kappa shape index (κ3) is 1.60. The van der Waals surface area contributed by atoms with Crippen LogP contribution in [0.3, 0.4) is 0 Å². The van der Waals surface area contributed by atoms with Gasteiger partial charge < -0.3 is 5.73 Å². The SMILES string of the molecule is Cc1ccc(C23CC4CC(CC(C(N)=O)(C4)C2)C3)cc1. The van der Waals surface area contributed by atoms with Gasteiger partial charge in [-0.15, -0.1) is 0 Å². The van der Waals surface area contributed by atoms with E-state index >= 15 is 0 Å². The number of hydrogen-bond donors (Lipinski definition) is 1. The molecule has 4 saturated carbocycles. The van der Waals surface area contributed by atoms with Gasteiger partial charge >= 0.3 is 0 Å². The fourth-order valence-electron chi connectivity index (χ4n) is 5.80. The average molecular weight is 269 g/mol. The number of amides is 1. The third-order valence-corrected chi connectivity index (χ3v) is 6.25. The Bertz CT molecular complexity index is 545. The van der Waals surface area contributed by atoms with Crippen LogP contribution in [-0.2, 0) is 10.2 Å². The van der Waals surface area contributed by atoms with Gasteiger partial charge in [0.2, 0.25) is 5.91 Å². The fraction of sp³-hybridized carbons (Fsp3) is 0.611. The highest BCUT2D eigenvalue weighted by atomic mass is 16.1. The first-order chi connectivity index (χ1) is 9.51. The molecule has 4 aliphatic carbocycles. The molecule has 1 aromatic rings. The number of hydrogen-bond acceptors (Lipinski definition) is 1. The monoisotopic (exact) mass is 269 g/mol. The quantitative estimate of drug-likeness (QED) is 0.879. The fourth-order valence-corrected chi connectivity index (χ4v) is 5.80. The minimum absolute atomic E-state index is 0.0388. The van der Waals surface area contributed by atoms with E-state index in [0.29, 0.717) is 11.8 Å². The first-order valence-electron chi connectivity index (χ1n) is 7.88. The van der Waals surface area contributed by atoms with Crippen LogP contribution in [0, 0.1) is 24.2 Å². The van der Waals surface area contributed by atoms with Gasteiger partial charge in [0.1, 0.15) is 0 Å². The number of primary amides is 1. The summed E-state index contributed by atoms with van der Waals surface area (Å²) >= 11 is 0. The van der Waals surface area contributed by atoms with Gasteiger partial charge in [0.15, 0.2) is 0 Å². The van der Waals surface area contributed by atoms with Crippen LogP contribution >= 0.6 is 0 Å². The molecule has 5 rings (SSSR count). The van der Waals surface area contributed by atoms with Gasteiger partial charge in [0.05, 0.1) is 5.41 Å². The minimum atomic E-state index is -0.199. The molecule has 20 heavy (non-hydrogen) atoms. The molecule has 2 unspecified atom stereocenters. The lowest BCUT2D eigenvalue weighted by Crippen LogP contribution is -2.58. The highest BCUT2D eigenvalue weighted by Crippen LogP contribution is 2.65. The molecule has 4 aliphatic rings. The van der Waals surface area contributed by atoms with Crippen LogP contribution in [0.25, 0.3) is 0 Å². The molecule has 0 aromatic heterocycles. The van der Waals surface area contributed by atoms with Crippen molar-refractivity contribution in [3.63, 3.8) is 0 Å². The predicted molar refractivity (Wildman–Crippen MR) is 79.2 cm³/mol. The van der Waals surface area contributed by atoms with E-state index in [1.807, 2.05) is 0 Å². The molecule has 1 amide bonds. The molecule has 0 heterocycles. The summed E-state index contributed by atoms with van der Waals surface area (Å²) in [5, 5.41) is 0. The zero-order chi connectivity index (χ0) is 14.0. The van der Waals surface area contributed by atoms with Gasteiger partial charge in [0.25, 0.3) is 0 Å². The van der Waals surface area contributed by atoms with Crippen molar-refractivity contribution in [3.8, 4) is 0 Å². The highest BCUT2D eigenvalue weighted by Gasteiger charge is 2.60. The number of carbonyl (C=O) groups is 1. The van der Waals surface area contributed by atoms with Crippen LogP contribution in [0.2, 0.25) is 0 Å². The van der Waals surface area contributed by atoms with Crippen LogP contribution in [0.15, 0.2) is 24.3 Å². The third-order valence-electron chi connectivity index (χ3n) is 6.25. The smallest absolute Gasteiger partial charge is 0.223 e. The maximum atomic E-state index is 12.1. The van der Waals surface area contributed by atoms with Crippen molar-refractivity contribution in [2.24, 2.45) is 23.0 Å². The standard InChI is InChI=1S/C18H23NO/c1-12-2-4-15(5-3-12)17-7-13-6-14(8-17)10-18(9-13,11-17)16(19)20/h2-5,13-14H,6-11H2,1H3,(H2,19,20). The number of aryl methyl sites for hydroxylation is 1. The van der Waals surface area contributed by atoms with Crippen LogP contribution < -0.4 is 5.73 Å². The Balaban J connectivity index is 1.79. The largest absolute Gasteiger partial charge is 0.369 e. The summed E-state index contributed by atoms with van der Waals surface area (Å²) < 4.78 is 0. The molecule has 4 fully saturated rings. The Morgan fingerprint density at radius 3 is 2.25 bits per heavy atom. The molecule has 0 spiro atoms. The number of nitrogens with two attached hydrogens (primary N) is 1. The maximum Gasteiger partial charge on any atom is 0.223 e. The van der Waals surface area contributed by atoms with Gasteiger partial charge in [0, 0.05) is 0 Å². The van der Waals surface area contributed by atoms with Gasteiger partial charge in [-0.25, -0.2) is 0 Å². The zero-order valence-electron chi connectivity index (χ0n) is 12.2. The molecule has 106 valence electrons. The Morgan fingerprint density at radius 2 is 1.70 bits per heavy atom. The summed E-state index contributed by atoms with van der Waals surface area (Å²) in [5.41, 5.74) is 8.60. The van der Waals surface area contributed by atoms with Crippen LogP contribution in [0.4, 0.5) is 0 Å². The van der Waals surface area contributed by atoms with E-state index < -0.39 is 0 Å². The second kappa shape index (κ2) is 3.87. The van der Waals surface area contributed by atoms with E-state index in [9.17, 15) is 4.79 Å². The van der Waals surface area contributed by atoms with Crippen molar-refractivity contribution < 1.29 is 4.79 Å². The zero-order valence-corrected chi connectivity index (χ0v) is 12.2. The van der Waals surface area contributed by atoms with Crippen LogP contribution in [0.5, 0.6) is 0 Å². The molecular formula is C18H23NO. The van der Waals surface area contributed by atoms with Crippen molar-refractivity contribution in [2.45, 2.75) is 50.9 Å². The Morgan fingerprint density at radius 1 is 1.10 bits per heavy atom. The maximum absolute atomic E-state index is 12.1. The van der Waals surface area contributed by atoms with Gasteiger partial charge in [-0.1, -0.05) is 29.8 Å². The van der Waals surface area contributed by atoms with Crippen molar-refractivity contribution >= 4 is 5.91 Å². The first-order valence-corrected chi connectivity index (χ1v) is 7.88. The highest BCUT2D eigenvalue weighted by molar-refractivity contribution is 5.81. The van der Waals surface area contributed by atoms with E-state index in [1.54, 1.807) is 0 Å². The molecular weight excluding hydrogens is 246 g/mol. The lowest BCUT2D eigenvalue weighted by atomic mass is 9.42. The summed E-state index contributed by atoms with van der Waals surface area (Å²) in [5.74, 6) is 1.39. The van der Waals surface area contributed by atoms with E-state index in [0.717, 1.165) is 19.3 Å². The molecule has 4 bridgehead atoms. The Hall–Kier alpha value is -1.31. The summed E-state index contributed by atoms with van der Waals surface area (Å²) in [6.07, 6.45) is 6.94. The second-order valence-electron chi connectivity index (χ2n) is 7.75. The molecule has 2 heteroatoms. The van der Waals surface area contributed by atoms with E-state index in [1.165, 1.54) is 30.4 Å². The van der Waals surface area contributed by atoms with E-state index in [2.05, 4.69) is 31.2 Å². The number of carbonyl (C=O) groups excluding carboxylic acids is 1. The van der Waals surface area contributed by atoms with Gasteiger partial charge in [-0.2, -0.15) is 0 Å². The minimum Gasteiger partial charge on any atom is -0.369 e. The van der Waals surface area contributed by atoms with E-state index in [-0.39, 0.29) is 16.7 Å². The summed E-state index contributed by atoms with van der Waals surface area (Å²) in [4.78, 5) is 12.1. The molecule has 0 aliphatic heterocycles. The topological polar surface area (TPSA) is 43.1 Å². The van der Waals surface area contributed by atoms with Crippen molar-refractivity contribution in [1.29, 1.82) is 0 Å².